The average molecular weight is 469 g/mol. The van der Waals surface area contributed by atoms with Crippen molar-refractivity contribution in [2.75, 3.05) is 6.61 Å². The number of aliphatic hydroxyl groups is 1. The molecule has 0 spiro atoms. The quantitative estimate of drug-likeness (QED) is 0.0963. The summed E-state index contributed by atoms with van der Waals surface area (Å²) in [5, 5.41) is 10.0. The molecule has 33 heavy (non-hydrogen) atoms. The van der Waals surface area contributed by atoms with Crippen LogP contribution in [-0.4, -0.2) is 23.8 Å². The highest BCUT2D eigenvalue weighted by Gasteiger charge is 2.11. The average Bonchev–Trinajstić information content (AvgIpc) is 2.80. The molecule has 1 N–H and O–H groups in total. The van der Waals surface area contributed by atoms with Gasteiger partial charge >= 0.3 is 5.97 Å². The molecule has 0 aliphatic rings. The van der Waals surface area contributed by atoms with E-state index in [1.54, 1.807) is 0 Å². The van der Waals surface area contributed by atoms with Crippen LogP contribution in [0.5, 0.6) is 0 Å². The van der Waals surface area contributed by atoms with Crippen molar-refractivity contribution in [2.45, 2.75) is 180 Å². The number of hydrogen-bond donors (Lipinski definition) is 1. The van der Waals surface area contributed by atoms with Crippen LogP contribution < -0.4 is 0 Å². The van der Waals surface area contributed by atoms with Gasteiger partial charge in [-0.3, -0.25) is 4.79 Å². The number of unbranched alkanes of at least 4 members (excludes halogenated alkanes) is 21. The first-order chi connectivity index (χ1) is 16.2. The van der Waals surface area contributed by atoms with Crippen LogP contribution in [0.25, 0.3) is 0 Å². The van der Waals surface area contributed by atoms with E-state index < -0.39 is 6.10 Å². The SMILES string of the molecule is CCCCCCCCCCCCCCCCCCOC(=O)CC(O)CCCCCCCCC. The Balaban J connectivity index is 3.24. The second-order valence-corrected chi connectivity index (χ2v) is 10.3. The summed E-state index contributed by atoms with van der Waals surface area (Å²) in [4.78, 5) is 11.8. The van der Waals surface area contributed by atoms with Crippen LogP contribution in [0.15, 0.2) is 0 Å². The summed E-state index contributed by atoms with van der Waals surface area (Å²) >= 11 is 0. The summed E-state index contributed by atoms with van der Waals surface area (Å²) in [5.74, 6) is -0.230. The molecule has 3 nitrogen and oxygen atoms in total. The molecular formula is C30H60O3. The van der Waals surface area contributed by atoms with E-state index in [4.69, 9.17) is 4.74 Å². The highest BCUT2D eigenvalue weighted by molar-refractivity contribution is 5.69. The van der Waals surface area contributed by atoms with E-state index in [1.807, 2.05) is 0 Å². The lowest BCUT2D eigenvalue weighted by molar-refractivity contribution is -0.146. The second-order valence-electron chi connectivity index (χ2n) is 10.3. The summed E-state index contributed by atoms with van der Waals surface area (Å²) in [6, 6.07) is 0. The molecule has 0 bridgehead atoms. The topological polar surface area (TPSA) is 46.5 Å². The molecule has 0 fully saturated rings. The van der Waals surface area contributed by atoms with Gasteiger partial charge in [0, 0.05) is 0 Å². The van der Waals surface area contributed by atoms with Gasteiger partial charge in [0.2, 0.25) is 0 Å². The van der Waals surface area contributed by atoms with Crippen LogP contribution in [-0.2, 0) is 9.53 Å². The number of rotatable bonds is 27. The van der Waals surface area contributed by atoms with Gasteiger partial charge in [0.25, 0.3) is 0 Å². The van der Waals surface area contributed by atoms with Crippen LogP contribution in [0.3, 0.4) is 0 Å². The third-order valence-electron chi connectivity index (χ3n) is 6.80. The Labute approximate surface area is 207 Å². The highest BCUT2D eigenvalue weighted by Crippen LogP contribution is 2.14. The van der Waals surface area contributed by atoms with Gasteiger partial charge in [0.1, 0.15) is 0 Å². The molecule has 0 amide bonds. The van der Waals surface area contributed by atoms with Gasteiger partial charge in [-0.2, -0.15) is 0 Å². The summed E-state index contributed by atoms with van der Waals surface area (Å²) in [6.07, 6.45) is 30.6. The van der Waals surface area contributed by atoms with E-state index in [9.17, 15) is 9.90 Å². The van der Waals surface area contributed by atoms with E-state index in [1.165, 1.54) is 122 Å². The Bertz CT molecular complexity index is 383. The number of esters is 1. The molecule has 1 atom stereocenters. The zero-order valence-corrected chi connectivity index (χ0v) is 22.7. The van der Waals surface area contributed by atoms with Crippen molar-refractivity contribution in [1.82, 2.24) is 0 Å². The summed E-state index contributed by atoms with van der Waals surface area (Å²) in [7, 11) is 0. The summed E-state index contributed by atoms with van der Waals surface area (Å²) in [5.41, 5.74) is 0. The second kappa shape index (κ2) is 27.7. The van der Waals surface area contributed by atoms with Gasteiger partial charge in [0.15, 0.2) is 0 Å². The molecular weight excluding hydrogens is 408 g/mol. The lowest BCUT2D eigenvalue weighted by Crippen LogP contribution is -2.16. The Morgan fingerprint density at radius 1 is 0.545 bits per heavy atom. The molecule has 0 aromatic heterocycles. The molecule has 0 saturated carbocycles. The van der Waals surface area contributed by atoms with Crippen LogP contribution in [0, 0.1) is 0 Å². The maximum absolute atomic E-state index is 11.8. The normalized spacial score (nSPS) is 12.2. The minimum absolute atomic E-state index is 0.161. The fourth-order valence-electron chi connectivity index (χ4n) is 4.53. The van der Waals surface area contributed by atoms with E-state index in [0.717, 1.165) is 32.1 Å². The predicted molar refractivity (Wildman–Crippen MR) is 144 cm³/mol. The largest absolute Gasteiger partial charge is 0.466 e. The van der Waals surface area contributed by atoms with Crippen molar-refractivity contribution >= 4 is 5.97 Å². The van der Waals surface area contributed by atoms with Gasteiger partial charge in [-0.15, -0.1) is 0 Å². The Morgan fingerprint density at radius 2 is 0.879 bits per heavy atom. The lowest BCUT2D eigenvalue weighted by atomic mass is 10.0. The summed E-state index contributed by atoms with van der Waals surface area (Å²) in [6.45, 7) is 5.03. The lowest BCUT2D eigenvalue weighted by Gasteiger charge is -2.10. The third kappa shape index (κ3) is 27.6. The molecule has 1 unspecified atom stereocenters. The molecule has 0 radical (unpaired) electrons. The minimum Gasteiger partial charge on any atom is -0.466 e. The highest BCUT2D eigenvalue weighted by atomic mass is 16.5. The van der Waals surface area contributed by atoms with Crippen molar-refractivity contribution in [3.05, 3.63) is 0 Å². The fraction of sp³-hybridized carbons (Fsp3) is 0.967. The van der Waals surface area contributed by atoms with Crippen molar-refractivity contribution < 1.29 is 14.6 Å². The number of aliphatic hydroxyl groups excluding tert-OH is 1. The fourth-order valence-corrected chi connectivity index (χ4v) is 4.53. The van der Waals surface area contributed by atoms with E-state index in [0.29, 0.717) is 6.61 Å². The number of carbonyl (C=O) groups excluding carboxylic acids is 1. The molecule has 0 aliphatic heterocycles. The molecule has 0 rings (SSSR count). The first-order valence-corrected chi connectivity index (χ1v) is 15.0. The first-order valence-electron chi connectivity index (χ1n) is 15.0. The maximum Gasteiger partial charge on any atom is 0.308 e. The van der Waals surface area contributed by atoms with Crippen LogP contribution in [0.4, 0.5) is 0 Å². The number of ether oxygens (including phenoxy) is 1. The zero-order chi connectivity index (χ0) is 24.2. The van der Waals surface area contributed by atoms with Crippen LogP contribution in [0.1, 0.15) is 174 Å². The van der Waals surface area contributed by atoms with Crippen molar-refractivity contribution in [3.63, 3.8) is 0 Å². The maximum atomic E-state index is 11.8. The van der Waals surface area contributed by atoms with Crippen molar-refractivity contribution in [2.24, 2.45) is 0 Å². The van der Waals surface area contributed by atoms with Crippen molar-refractivity contribution in [3.8, 4) is 0 Å². The molecule has 3 heteroatoms. The standard InChI is InChI=1S/C30H60O3/c1-3-5-7-9-11-12-13-14-15-16-17-18-19-21-23-25-27-33-30(32)28-29(31)26-24-22-20-10-8-6-4-2/h29,31H,3-28H2,1-2H3. The zero-order valence-electron chi connectivity index (χ0n) is 22.7. The molecule has 0 aliphatic carbocycles. The van der Waals surface area contributed by atoms with Gasteiger partial charge in [-0.25, -0.2) is 0 Å². The number of carbonyl (C=O) groups is 1. The predicted octanol–water partition coefficient (Wildman–Crippen LogP) is 9.68. The van der Waals surface area contributed by atoms with Crippen molar-refractivity contribution in [1.29, 1.82) is 0 Å². The first kappa shape index (κ1) is 32.4. The van der Waals surface area contributed by atoms with E-state index in [2.05, 4.69) is 13.8 Å². The smallest absolute Gasteiger partial charge is 0.308 e. The Morgan fingerprint density at radius 3 is 1.27 bits per heavy atom. The summed E-state index contributed by atoms with van der Waals surface area (Å²) < 4.78 is 5.30. The van der Waals surface area contributed by atoms with Crippen LogP contribution >= 0.6 is 0 Å². The van der Waals surface area contributed by atoms with Gasteiger partial charge in [-0.05, 0) is 12.8 Å². The minimum atomic E-state index is -0.529. The monoisotopic (exact) mass is 468 g/mol. The third-order valence-corrected chi connectivity index (χ3v) is 6.80. The van der Waals surface area contributed by atoms with Gasteiger partial charge in [-0.1, -0.05) is 155 Å². The molecule has 198 valence electrons. The molecule has 0 heterocycles. The van der Waals surface area contributed by atoms with E-state index in [-0.39, 0.29) is 12.4 Å². The van der Waals surface area contributed by atoms with Gasteiger partial charge < -0.3 is 9.84 Å². The molecule has 0 aromatic rings. The van der Waals surface area contributed by atoms with Crippen LogP contribution in [0.2, 0.25) is 0 Å². The van der Waals surface area contributed by atoms with E-state index >= 15 is 0 Å². The molecule has 0 aromatic carbocycles. The van der Waals surface area contributed by atoms with Gasteiger partial charge in [0.05, 0.1) is 19.1 Å². The Kier molecular flexibility index (Phi) is 27.2. The Hall–Kier alpha value is -0.570. The molecule has 0 saturated heterocycles. The number of hydrogen-bond acceptors (Lipinski definition) is 3.